The number of rotatable bonds is 4. The highest BCUT2D eigenvalue weighted by Crippen LogP contribution is 2.25. The van der Waals surface area contributed by atoms with Gasteiger partial charge in [-0.1, -0.05) is 11.8 Å². The number of hydrogen-bond donors (Lipinski definition) is 2. The highest BCUT2D eigenvalue weighted by molar-refractivity contribution is 8.00. The molecular weight excluding hydrogens is 252 g/mol. The molecule has 0 aromatic carbocycles. The summed E-state index contributed by atoms with van der Waals surface area (Å²) in [5.74, 6) is 0.817. The average molecular weight is 264 g/mol. The minimum atomic E-state index is 0.00180. The van der Waals surface area contributed by atoms with Crippen molar-refractivity contribution in [2.75, 3.05) is 0 Å². The van der Waals surface area contributed by atoms with Gasteiger partial charge in [0.2, 0.25) is 0 Å². The van der Waals surface area contributed by atoms with Gasteiger partial charge in [-0.05, 0) is 24.6 Å². The lowest BCUT2D eigenvalue weighted by Gasteiger charge is -2.01. The van der Waals surface area contributed by atoms with Crippen LogP contribution in [0.2, 0.25) is 0 Å². The van der Waals surface area contributed by atoms with Crippen molar-refractivity contribution in [1.29, 1.82) is 5.41 Å². The van der Waals surface area contributed by atoms with Gasteiger partial charge in [0.1, 0.15) is 15.9 Å². The van der Waals surface area contributed by atoms with Gasteiger partial charge in [0.05, 0.1) is 0 Å². The molecule has 88 valence electrons. The van der Waals surface area contributed by atoms with Crippen molar-refractivity contribution in [1.82, 2.24) is 9.97 Å². The van der Waals surface area contributed by atoms with E-state index in [1.807, 2.05) is 24.4 Å². The van der Waals surface area contributed by atoms with Gasteiger partial charge in [0.15, 0.2) is 0 Å². The smallest absolute Gasteiger partial charge is 0.150 e. The lowest BCUT2D eigenvalue weighted by Crippen LogP contribution is -2.13. The van der Waals surface area contributed by atoms with E-state index in [0.717, 1.165) is 21.3 Å². The molecule has 2 heterocycles. The van der Waals surface area contributed by atoms with Crippen LogP contribution in [0.4, 0.5) is 0 Å². The summed E-state index contributed by atoms with van der Waals surface area (Å²) in [4.78, 5) is 8.41. The lowest BCUT2D eigenvalue weighted by molar-refractivity contribution is 1.15. The van der Waals surface area contributed by atoms with Crippen LogP contribution in [0, 0.1) is 12.3 Å². The Bertz CT molecular complexity index is 536. The van der Waals surface area contributed by atoms with Gasteiger partial charge in [-0.25, -0.2) is 4.98 Å². The molecule has 0 fully saturated rings. The highest BCUT2D eigenvalue weighted by atomic mass is 32.2. The number of aromatic nitrogens is 2. The zero-order chi connectivity index (χ0) is 12.3. The van der Waals surface area contributed by atoms with Gasteiger partial charge < -0.3 is 5.73 Å². The van der Waals surface area contributed by atoms with Crippen molar-refractivity contribution in [2.24, 2.45) is 5.73 Å². The molecule has 0 amide bonds. The summed E-state index contributed by atoms with van der Waals surface area (Å²) in [5.41, 5.74) is 8.08. The summed E-state index contributed by atoms with van der Waals surface area (Å²) in [6.45, 7) is 1.99. The molecule has 2 aromatic heterocycles. The van der Waals surface area contributed by atoms with E-state index in [9.17, 15) is 0 Å². The molecule has 4 nitrogen and oxygen atoms in total. The van der Waals surface area contributed by atoms with Crippen LogP contribution in [0.1, 0.15) is 17.0 Å². The molecule has 0 aliphatic heterocycles. The van der Waals surface area contributed by atoms with Gasteiger partial charge in [0, 0.05) is 23.0 Å². The fourth-order valence-corrected chi connectivity index (χ4v) is 3.05. The van der Waals surface area contributed by atoms with Gasteiger partial charge in [-0.15, -0.1) is 11.3 Å². The Kier molecular flexibility index (Phi) is 3.75. The molecule has 2 rings (SSSR count). The van der Waals surface area contributed by atoms with Crippen LogP contribution < -0.4 is 5.73 Å². The molecule has 6 heteroatoms. The monoisotopic (exact) mass is 264 g/mol. The minimum absolute atomic E-state index is 0.00180. The molecule has 0 unspecified atom stereocenters. The molecule has 0 atom stereocenters. The first-order valence-electron chi connectivity index (χ1n) is 4.99. The fraction of sp³-hybridized carbons (Fsp3) is 0.182. The van der Waals surface area contributed by atoms with E-state index in [1.54, 1.807) is 29.3 Å². The molecule has 0 aliphatic carbocycles. The second kappa shape index (κ2) is 5.29. The predicted molar refractivity (Wildman–Crippen MR) is 71.7 cm³/mol. The van der Waals surface area contributed by atoms with Crippen LogP contribution in [0.25, 0.3) is 0 Å². The number of nitrogens with one attached hydrogen (secondary N) is 1. The number of nitrogens with zero attached hydrogens (tertiary/aromatic N) is 2. The molecule has 3 N–H and O–H groups in total. The third kappa shape index (κ3) is 3.28. The molecule has 0 aliphatic rings. The Balaban J connectivity index is 2.04. The Morgan fingerprint density at radius 1 is 1.59 bits per heavy atom. The Hall–Kier alpha value is -1.40. The van der Waals surface area contributed by atoms with Crippen molar-refractivity contribution in [3.8, 4) is 0 Å². The van der Waals surface area contributed by atoms with E-state index in [1.165, 1.54) is 0 Å². The number of nitrogens with two attached hydrogens (primary N) is 1. The third-order valence-electron chi connectivity index (χ3n) is 2.06. The average Bonchev–Trinajstić information content (AvgIpc) is 2.73. The van der Waals surface area contributed by atoms with E-state index < -0.39 is 0 Å². The van der Waals surface area contributed by atoms with Gasteiger partial charge in [0.25, 0.3) is 0 Å². The normalized spacial score (nSPS) is 10.4. The number of nitrogen functional groups attached to an aromatic ring is 1. The summed E-state index contributed by atoms with van der Waals surface area (Å²) in [5, 5.41) is 9.37. The molecule has 0 saturated carbocycles. The first-order valence-corrected chi connectivity index (χ1v) is 6.86. The zero-order valence-corrected chi connectivity index (χ0v) is 10.9. The highest BCUT2D eigenvalue weighted by Gasteiger charge is 2.03. The van der Waals surface area contributed by atoms with Crippen LogP contribution in [0.15, 0.2) is 28.0 Å². The maximum atomic E-state index is 7.33. The number of thiazole rings is 1. The minimum Gasteiger partial charge on any atom is -0.382 e. The van der Waals surface area contributed by atoms with Crippen LogP contribution in [-0.4, -0.2) is 15.8 Å². The standard InChI is InChI=1S/C11H12N4S2/c1-7-5-16-11(15-7)17-6-8-2-3-14-9(4-8)10(12)13/h2-5H,6H2,1H3,(H3,12,13). The predicted octanol–water partition coefficient (Wildman–Crippen LogP) is 2.42. The quantitative estimate of drug-likeness (QED) is 0.505. The second-order valence-electron chi connectivity index (χ2n) is 3.51. The molecular formula is C11H12N4S2. The Labute approximate surface area is 108 Å². The van der Waals surface area contributed by atoms with Gasteiger partial charge in [-0.3, -0.25) is 10.4 Å². The molecule has 17 heavy (non-hydrogen) atoms. The maximum Gasteiger partial charge on any atom is 0.150 e. The second-order valence-corrected chi connectivity index (χ2v) is 5.59. The number of pyridine rings is 1. The van der Waals surface area contributed by atoms with Crippen LogP contribution in [0.3, 0.4) is 0 Å². The summed E-state index contributed by atoms with van der Waals surface area (Å²) in [7, 11) is 0. The first-order chi connectivity index (χ1) is 8.15. The van der Waals surface area contributed by atoms with Crippen molar-refractivity contribution < 1.29 is 0 Å². The van der Waals surface area contributed by atoms with Crippen molar-refractivity contribution in [3.63, 3.8) is 0 Å². The van der Waals surface area contributed by atoms with E-state index in [-0.39, 0.29) is 5.84 Å². The third-order valence-corrected chi connectivity index (χ3v) is 4.27. The van der Waals surface area contributed by atoms with E-state index >= 15 is 0 Å². The van der Waals surface area contributed by atoms with Crippen LogP contribution >= 0.6 is 23.1 Å². The molecule has 0 bridgehead atoms. The molecule has 0 spiro atoms. The molecule has 0 radical (unpaired) electrons. The number of amidine groups is 1. The Morgan fingerprint density at radius 2 is 2.41 bits per heavy atom. The van der Waals surface area contributed by atoms with E-state index in [0.29, 0.717) is 5.69 Å². The first kappa shape index (κ1) is 12.1. The molecule has 0 saturated heterocycles. The Morgan fingerprint density at radius 3 is 3.06 bits per heavy atom. The lowest BCUT2D eigenvalue weighted by atomic mass is 10.2. The van der Waals surface area contributed by atoms with Crippen molar-refractivity contribution in [2.45, 2.75) is 17.0 Å². The number of thioether (sulfide) groups is 1. The maximum absolute atomic E-state index is 7.33. The summed E-state index contributed by atoms with van der Waals surface area (Å²) in [6, 6.07) is 3.77. The summed E-state index contributed by atoms with van der Waals surface area (Å²) >= 11 is 3.33. The van der Waals surface area contributed by atoms with Crippen molar-refractivity contribution in [3.05, 3.63) is 40.7 Å². The SMILES string of the molecule is Cc1csc(SCc2ccnc(C(=N)N)c2)n1. The van der Waals surface area contributed by atoms with E-state index in [2.05, 4.69) is 9.97 Å². The molecule has 2 aromatic rings. The van der Waals surface area contributed by atoms with Gasteiger partial charge >= 0.3 is 0 Å². The number of aryl methyl sites for hydroxylation is 1. The summed E-state index contributed by atoms with van der Waals surface area (Å²) < 4.78 is 1.06. The van der Waals surface area contributed by atoms with Crippen LogP contribution in [-0.2, 0) is 5.75 Å². The van der Waals surface area contributed by atoms with Crippen LogP contribution in [0.5, 0.6) is 0 Å². The zero-order valence-electron chi connectivity index (χ0n) is 9.30. The topological polar surface area (TPSA) is 75.7 Å². The largest absolute Gasteiger partial charge is 0.382 e. The van der Waals surface area contributed by atoms with E-state index in [4.69, 9.17) is 11.1 Å². The fourth-order valence-electron chi connectivity index (χ4n) is 1.26. The number of hydrogen-bond acceptors (Lipinski definition) is 5. The van der Waals surface area contributed by atoms with Crippen molar-refractivity contribution >= 4 is 28.9 Å². The van der Waals surface area contributed by atoms with Gasteiger partial charge in [-0.2, -0.15) is 0 Å². The summed E-state index contributed by atoms with van der Waals surface area (Å²) in [6.07, 6.45) is 1.68.